The van der Waals surface area contributed by atoms with Crippen molar-refractivity contribution in [2.24, 2.45) is 0 Å². The third kappa shape index (κ3) is 5.27. The predicted molar refractivity (Wildman–Crippen MR) is 141 cm³/mol. The van der Waals surface area contributed by atoms with Crippen LogP contribution >= 0.6 is 0 Å². The van der Waals surface area contributed by atoms with Crippen molar-refractivity contribution in [2.45, 2.75) is 18.9 Å². The van der Waals surface area contributed by atoms with Crippen molar-refractivity contribution in [2.75, 3.05) is 39.9 Å². The largest absolute Gasteiger partial charge is 0.493 e. The van der Waals surface area contributed by atoms with E-state index in [9.17, 15) is 14.4 Å². The van der Waals surface area contributed by atoms with Gasteiger partial charge in [-0.05, 0) is 54.4 Å². The molecule has 1 heterocycles. The number of methoxy groups -OCH3 is 4. The van der Waals surface area contributed by atoms with E-state index in [1.807, 2.05) is 18.2 Å². The van der Waals surface area contributed by atoms with Gasteiger partial charge in [-0.15, -0.1) is 0 Å². The summed E-state index contributed by atoms with van der Waals surface area (Å²) in [5.74, 6) is 0.813. The van der Waals surface area contributed by atoms with Gasteiger partial charge in [-0.2, -0.15) is 0 Å². The van der Waals surface area contributed by atoms with Crippen molar-refractivity contribution in [1.82, 2.24) is 4.90 Å². The first-order valence-electron chi connectivity index (χ1n) is 12.1. The minimum Gasteiger partial charge on any atom is -0.493 e. The number of rotatable bonds is 10. The van der Waals surface area contributed by atoms with E-state index in [0.29, 0.717) is 40.7 Å². The summed E-state index contributed by atoms with van der Waals surface area (Å²) >= 11 is 0. The van der Waals surface area contributed by atoms with Crippen molar-refractivity contribution in [3.05, 3.63) is 77.9 Å². The molecule has 3 amide bonds. The highest BCUT2D eigenvalue weighted by molar-refractivity contribution is 6.23. The third-order valence-electron chi connectivity index (χ3n) is 6.49. The Hall–Kier alpha value is -4.53. The Kier molecular flexibility index (Phi) is 8.15. The Morgan fingerprint density at radius 2 is 1.42 bits per heavy atom. The van der Waals surface area contributed by atoms with Crippen LogP contribution in [0, 0.1) is 0 Å². The fourth-order valence-electron chi connectivity index (χ4n) is 4.53. The molecule has 38 heavy (non-hydrogen) atoms. The van der Waals surface area contributed by atoms with Crippen molar-refractivity contribution < 1.29 is 33.3 Å². The molecular formula is C29H30N2O7. The molecule has 1 aliphatic heterocycles. The third-order valence-corrected chi connectivity index (χ3v) is 6.49. The van der Waals surface area contributed by atoms with Crippen LogP contribution in [0.1, 0.15) is 22.3 Å². The van der Waals surface area contributed by atoms with Crippen molar-refractivity contribution in [3.8, 4) is 23.0 Å². The Morgan fingerprint density at radius 1 is 0.816 bits per heavy atom. The Balaban J connectivity index is 1.67. The van der Waals surface area contributed by atoms with Gasteiger partial charge < -0.3 is 23.8 Å². The van der Waals surface area contributed by atoms with Crippen molar-refractivity contribution in [3.63, 3.8) is 0 Å². The highest BCUT2D eigenvalue weighted by Gasteiger charge is 2.44. The summed E-state index contributed by atoms with van der Waals surface area (Å²) in [5.41, 5.74) is 1.67. The molecular weight excluding hydrogens is 488 g/mol. The average molecular weight is 519 g/mol. The number of imide groups is 1. The van der Waals surface area contributed by atoms with E-state index in [4.69, 9.17) is 18.9 Å². The molecule has 1 unspecified atom stereocenters. The lowest BCUT2D eigenvalue weighted by Crippen LogP contribution is -2.46. The number of carbonyl (C=O) groups is 3. The predicted octanol–water partition coefficient (Wildman–Crippen LogP) is 3.74. The van der Waals surface area contributed by atoms with Crippen molar-refractivity contribution in [1.29, 1.82) is 0 Å². The average Bonchev–Trinajstić information content (AvgIpc) is 3.25. The second kappa shape index (κ2) is 11.7. The monoisotopic (exact) mass is 518 g/mol. The van der Waals surface area contributed by atoms with Crippen LogP contribution < -0.4 is 23.8 Å². The van der Waals surface area contributed by atoms with Crippen LogP contribution in [0.25, 0.3) is 0 Å². The quantitative estimate of drug-likeness (QED) is 0.378. The van der Waals surface area contributed by atoms with Gasteiger partial charge in [0.1, 0.15) is 6.04 Å². The van der Waals surface area contributed by atoms with Gasteiger partial charge >= 0.3 is 0 Å². The zero-order valence-corrected chi connectivity index (χ0v) is 21.8. The first-order valence-corrected chi connectivity index (χ1v) is 12.1. The zero-order chi connectivity index (χ0) is 27.2. The first kappa shape index (κ1) is 26.5. The zero-order valence-electron chi connectivity index (χ0n) is 21.8. The summed E-state index contributed by atoms with van der Waals surface area (Å²) in [5, 5.41) is 0. The maximum absolute atomic E-state index is 13.8. The van der Waals surface area contributed by atoms with Gasteiger partial charge in [-0.3, -0.25) is 14.4 Å². The summed E-state index contributed by atoms with van der Waals surface area (Å²) in [6, 6.07) is 18.1. The molecule has 0 N–H and O–H groups in total. The van der Waals surface area contributed by atoms with Crippen LogP contribution in [0.3, 0.4) is 0 Å². The molecule has 1 fully saturated rings. The molecule has 3 aromatic rings. The molecule has 9 heteroatoms. The molecule has 4 rings (SSSR count). The van der Waals surface area contributed by atoms with Gasteiger partial charge in [-0.25, -0.2) is 4.90 Å². The van der Waals surface area contributed by atoms with Crippen LogP contribution in [-0.2, 0) is 16.0 Å². The molecule has 1 saturated heterocycles. The number of hydrogen-bond donors (Lipinski definition) is 0. The van der Waals surface area contributed by atoms with E-state index in [-0.39, 0.29) is 18.9 Å². The van der Waals surface area contributed by atoms with E-state index in [2.05, 4.69) is 0 Å². The van der Waals surface area contributed by atoms with E-state index < -0.39 is 17.9 Å². The molecule has 1 aliphatic rings. The fourth-order valence-corrected chi connectivity index (χ4v) is 4.53. The second-order valence-electron chi connectivity index (χ2n) is 8.63. The van der Waals surface area contributed by atoms with Crippen LogP contribution in [0.5, 0.6) is 23.0 Å². The molecule has 198 valence electrons. The van der Waals surface area contributed by atoms with E-state index in [1.54, 1.807) is 62.8 Å². The Morgan fingerprint density at radius 3 is 2.05 bits per heavy atom. The topological polar surface area (TPSA) is 94.6 Å². The summed E-state index contributed by atoms with van der Waals surface area (Å²) in [6.45, 7) is 0.189. The molecule has 0 aromatic heterocycles. The maximum atomic E-state index is 13.8. The van der Waals surface area contributed by atoms with Gasteiger partial charge in [0.25, 0.3) is 11.8 Å². The fraction of sp³-hybridized carbons (Fsp3) is 0.276. The molecule has 3 aromatic carbocycles. The first-order chi connectivity index (χ1) is 18.4. The van der Waals surface area contributed by atoms with Gasteiger partial charge in [-0.1, -0.05) is 24.3 Å². The summed E-state index contributed by atoms with van der Waals surface area (Å²) < 4.78 is 21.4. The minimum absolute atomic E-state index is 0.112. The number of carbonyl (C=O) groups excluding carboxylic acids is 3. The van der Waals surface area contributed by atoms with Crippen LogP contribution in [0.4, 0.5) is 5.69 Å². The molecule has 1 atom stereocenters. The molecule has 0 radical (unpaired) electrons. The van der Waals surface area contributed by atoms with Crippen LogP contribution in [-0.4, -0.2) is 63.6 Å². The highest BCUT2D eigenvalue weighted by Crippen LogP contribution is 2.31. The van der Waals surface area contributed by atoms with Gasteiger partial charge in [0, 0.05) is 12.1 Å². The number of hydrogen-bond acceptors (Lipinski definition) is 7. The molecule has 0 aliphatic carbocycles. The second-order valence-corrected chi connectivity index (χ2v) is 8.63. The van der Waals surface area contributed by atoms with Gasteiger partial charge in [0.05, 0.1) is 40.5 Å². The molecule has 0 bridgehead atoms. The van der Waals surface area contributed by atoms with Crippen molar-refractivity contribution >= 4 is 23.4 Å². The lowest BCUT2D eigenvalue weighted by atomic mass is 10.1. The van der Waals surface area contributed by atoms with Crippen LogP contribution in [0.2, 0.25) is 0 Å². The standard InChI is InChI=1S/C29H30N2O7/c1-35-23-12-10-19(16-25(23)37-3)14-15-30(28(33)20-11-13-24(36-2)26(17-20)38-4)22-18-27(32)31(29(22)34)21-8-6-5-7-9-21/h5-13,16-17,22H,14-15,18H2,1-4H3. The smallest absolute Gasteiger partial charge is 0.257 e. The lowest BCUT2D eigenvalue weighted by molar-refractivity contribution is -0.122. The Bertz CT molecular complexity index is 1330. The summed E-state index contributed by atoms with van der Waals surface area (Å²) in [7, 11) is 6.10. The number of anilines is 1. The van der Waals surface area contributed by atoms with Gasteiger partial charge in [0.15, 0.2) is 23.0 Å². The molecule has 9 nitrogen and oxygen atoms in total. The number of ether oxygens (including phenoxy) is 4. The maximum Gasteiger partial charge on any atom is 0.257 e. The summed E-state index contributed by atoms with van der Waals surface area (Å²) in [4.78, 5) is 43.0. The molecule has 0 saturated carbocycles. The Labute approximate surface area is 221 Å². The van der Waals surface area contributed by atoms with E-state index >= 15 is 0 Å². The van der Waals surface area contributed by atoms with Gasteiger partial charge in [0.2, 0.25) is 5.91 Å². The number of benzene rings is 3. The number of para-hydroxylation sites is 1. The lowest BCUT2D eigenvalue weighted by Gasteiger charge is -2.28. The summed E-state index contributed by atoms with van der Waals surface area (Å²) in [6.07, 6.45) is 0.307. The number of amides is 3. The SMILES string of the molecule is COc1ccc(CCN(C(=O)c2ccc(OC)c(OC)c2)C2CC(=O)N(c3ccccc3)C2=O)cc1OC. The van der Waals surface area contributed by atoms with Crippen LogP contribution in [0.15, 0.2) is 66.7 Å². The number of nitrogens with zero attached hydrogens (tertiary/aromatic N) is 2. The normalized spacial score (nSPS) is 14.8. The van der Waals surface area contributed by atoms with E-state index in [1.165, 1.54) is 19.1 Å². The minimum atomic E-state index is -0.955. The van der Waals surface area contributed by atoms with E-state index in [0.717, 1.165) is 10.5 Å². The highest BCUT2D eigenvalue weighted by atomic mass is 16.5. The molecule has 0 spiro atoms.